The van der Waals surface area contributed by atoms with E-state index in [1.54, 1.807) is 17.0 Å². The highest BCUT2D eigenvalue weighted by atomic mass is 19.1. The van der Waals surface area contributed by atoms with Crippen molar-refractivity contribution in [1.82, 2.24) is 4.90 Å². The second-order valence-corrected chi connectivity index (χ2v) is 6.31. The first kappa shape index (κ1) is 18.5. The van der Waals surface area contributed by atoms with Gasteiger partial charge < -0.3 is 9.80 Å². The number of amides is 1. The molecule has 0 atom stereocenters. The Kier molecular flexibility index (Phi) is 5.16. The molecular weight excluding hydrogens is 353 g/mol. The molecule has 2 aromatic carbocycles. The fourth-order valence-corrected chi connectivity index (χ4v) is 3.04. The molecule has 0 N–H and O–H groups in total. The zero-order chi connectivity index (χ0) is 19.6. The van der Waals surface area contributed by atoms with Gasteiger partial charge in [-0.25, -0.2) is 4.39 Å². The van der Waals surface area contributed by atoms with E-state index in [-0.39, 0.29) is 17.4 Å². The van der Waals surface area contributed by atoms with Gasteiger partial charge in [0.1, 0.15) is 5.82 Å². The van der Waals surface area contributed by atoms with E-state index in [2.05, 4.69) is 0 Å². The van der Waals surface area contributed by atoms with Gasteiger partial charge in [0.2, 0.25) is 0 Å². The number of anilines is 1. The lowest BCUT2D eigenvalue weighted by Crippen LogP contribution is -2.49. The summed E-state index contributed by atoms with van der Waals surface area (Å²) in [6.07, 6.45) is 0. The number of Topliss-reactive ketones (excluding diaryl/α,β-unsaturated/α-hetero) is 1. The van der Waals surface area contributed by atoms with Gasteiger partial charge in [-0.2, -0.15) is 0 Å². The van der Waals surface area contributed by atoms with Crippen LogP contribution in [0.4, 0.5) is 15.8 Å². The Balaban J connectivity index is 1.65. The molecule has 0 bridgehead atoms. The highest BCUT2D eigenvalue weighted by molar-refractivity contribution is 5.95. The molecule has 8 heteroatoms. The van der Waals surface area contributed by atoms with E-state index in [0.29, 0.717) is 43.0 Å². The molecule has 0 aliphatic carbocycles. The number of rotatable bonds is 4. The second kappa shape index (κ2) is 7.53. The van der Waals surface area contributed by atoms with Crippen LogP contribution in [0.1, 0.15) is 27.6 Å². The summed E-state index contributed by atoms with van der Waals surface area (Å²) >= 11 is 0. The second-order valence-electron chi connectivity index (χ2n) is 6.31. The number of ketones is 1. The standard InChI is InChI=1S/C19H18FN3O4/c1-13(24)15-4-7-18(17(20)12-15)21-8-10-22(11-9-21)19(25)14-2-5-16(6-3-14)23(26)27/h2-7,12H,8-11H2,1H3. The summed E-state index contributed by atoms with van der Waals surface area (Å²) in [6.45, 7) is 3.11. The van der Waals surface area contributed by atoms with Crippen LogP contribution in [0.15, 0.2) is 42.5 Å². The summed E-state index contributed by atoms with van der Waals surface area (Å²) in [5.41, 5.74) is 1.04. The van der Waals surface area contributed by atoms with Crippen LogP contribution in [0, 0.1) is 15.9 Å². The lowest BCUT2D eigenvalue weighted by Gasteiger charge is -2.36. The van der Waals surface area contributed by atoms with Crippen molar-refractivity contribution in [3.63, 3.8) is 0 Å². The first-order valence-corrected chi connectivity index (χ1v) is 8.46. The Hall–Kier alpha value is -3.29. The van der Waals surface area contributed by atoms with Crippen LogP contribution in [0.5, 0.6) is 0 Å². The average Bonchev–Trinajstić information content (AvgIpc) is 2.67. The minimum atomic E-state index is -0.515. The number of hydrogen-bond acceptors (Lipinski definition) is 5. The Morgan fingerprint density at radius 3 is 2.11 bits per heavy atom. The van der Waals surface area contributed by atoms with E-state index in [0.717, 1.165) is 0 Å². The van der Waals surface area contributed by atoms with E-state index in [9.17, 15) is 24.1 Å². The molecule has 0 spiro atoms. The van der Waals surface area contributed by atoms with Gasteiger partial charge in [0, 0.05) is 49.4 Å². The molecule has 1 fully saturated rings. The van der Waals surface area contributed by atoms with E-state index < -0.39 is 10.7 Å². The van der Waals surface area contributed by atoms with Crippen LogP contribution >= 0.6 is 0 Å². The third kappa shape index (κ3) is 3.94. The molecule has 1 heterocycles. The van der Waals surface area contributed by atoms with Crippen molar-refractivity contribution in [2.45, 2.75) is 6.92 Å². The maximum atomic E-state index is 14.3. The number of piperazine rings is 1. The van der Waals surface area contributed by atoms with Gasteiger partial charge in [-0.1, -0.05) is 0 Å². The zero-order valence-electron chi connectivity index (χ0n) is 14.7. The molecule has 1 amide bonds. The Bertz CT molecular complexity index is 890. The number of carbonyl (C=O) groups excluding carboxylic acids is 2. The van der Waals surface area contributed by atoms with Crippen molar-refractivity contribution in [2.24, 2.45) is 0 Å². The number of nitro benzene ring substituents is 1. The summed E-state index contributed by atoms with van der Waals surface area (Å²) < 4.78 is 14.3. The van der Waals surface area contributed by atoms with Crippen molar-refractivity contribution in [1.29, 1.82) is 0 Å². The Labute approximate surface area is 155 Å². The maximum Gasteiger partial charge on any atom is 0.269 e. The van der Waals surface area contributed by atoms with Crippen molar-refractivity contribution < 1.29 is 18.9 Å². The molecule has 27 heavy (non-hydrogen) atoms. The first-order chi connectivity index (χ1) is 12.9. The number of non-ortho nitro benzene ring substituents is 1. The molecule has 1 aliphatic heterocycles. The van der Waals surface area contributed by atoms with Crippen molar-refractivity contribution in [3.05, 3.63) is 69.5 Å². The third-order valence-electron chi connectivity index (χ3n) is 4.59. The minimum Gasteiger partial charge on any atom is -0.366 e. The smallest absolute Gasteiger partial charge is 0.269 e. The third-order valence-corrected chi connectivity index (χ3v) is 4.59. The predicted octanol–water partition coefficient (Wildman–Crippen LogP) is 2.90. The number of carbonyl (C=O) groups is 2. The number of nitro groups is 1. The molecule has 3 rings (SSSR count). The number of benzene rings is 2. The van der Waals surface area contributed by atoms with Gasteiger partial charge in [-0.05, 0) is 37.3 Å². The summed E-state index contributed by atoms with van der Waals surface area (Å²) in [5.74, 6) is -0.867. The molecule has 7 nitrogen and oxygen atoms in total. The molecule has 1 aliphatic rings. The summed E-state index contributed by atoms with van der Waals surface area (Å²) in [7, 11) is 0. The zero-order valence-corrected chi connectivity index (χ0v) is 14.7. The minimum absolute atomic E-state index is 0.0687. The van der Waals surface area contributed by atoms with E-state index in [1.807, 2.05) is 4.90 Å². The van der Waals surface area contributed by atoms with E-state index in [4.69, 9.17) is 0 Å². The molecule has 0 radical (unpaired) electrons. The fourth-order valence-electron chi connectivity index (χ4n) is 3.04. The SMILES string of the molecule is CC(=O)c1ccc(N2CCN(C(=O)c3ccc([N+](=O)[O-])cc3)CC2)c(F)c1. The monoisotopic (exact) mass is 371 g/mol. The van der Waals surface area contributed by atoms with Gasteiger partial charge in [0.15, 0.2) is 5.78 Å². The van der Waals surface area contributed by atoms with Crippen molar-refractivity contribution >= 4 is 23.1 Å². The molecule has 0 unspecified atom stereocenters. The number of hydrogen-bond donors (Lipinski definition) is 0. The van der Waals surface area contributed by atoms with Crippen LogP contribution in [0.3, 0.4) is 0 Å². The number of halogens is 1. The van der Waals surface area contributed by atoms with E-state index >= 15 is 0 Å². The van der Waals surface area contributed by atoms with Crippen molar-refractivity contribution in [2.75, 3.05) is 31.1 Å². The molecule has 1 saturated heterocycles. The normalized spacial score (nSPS) is 14.1. The molecule has 2 aromatic rings. The molecule has 0 aromatic heterocycles. The van der Waals surface area contributed by atoms with Crippen LogP contribution in [-0.2, 0) is 0 Å². The first-order valence-electron chi connectivity index (χ1n) is 8.46. The van der Waals surface area contributed by atoms with Crippen molar-refractivity contribution in [3.8, 4) is 0 Å². The summed E-state index contributed by atoms with van der Waals surface area (Å²) in [4.78, 5) is 37.5. The molecule has 140 valence electrons. The molecular formula is C19H18FN3O4. The largest absolute Gasteiger partial charge is 0.366 e. The highest BCUT2D eigenvalue weighted by Crippen LogP contribution is 2.23. The predicted molar refractivity (Wildman–Crippen MR) is 97.6 cm³/mol. The number of nitrogens with zero attached hydrogens (tertiary/aromatic N) is 3. The lowest BCUT2D eigenvalue weighted by molar-refractivity contribution is -0.384. The van der Waals surface area contributed by atoms with Crippen LogP contribution in [0.25, 0.3) is 0 Å². The summed E-state index contributed by atoms with van der Waals surface area (Å²) in [5, 5.41) is 10.7. The van der Waals surface area contributed by atoms with Gasteiger partial charge in [-0.3, -0.25) is 19.7 Å². The van der Waals surface area contributed by atoms with Gasteiger partial charge >= 0.3 is 0 Å². The fraction of sp³-hybridized carbons (Fsp3) is 0.263. The van der Waals surface area contributed by atoms with Gasteiger partial charge in [0.05, 0.1) is 10.6 Å². The topological polar surface area (TPSA) is 83.8 Å². The van der Waals surface area contributed by atoms with Gasteiger partial charge in [0.25, 0.3) is 11.6 Å². The summed E-state index contributed by atoms with van der Waals surface area (Å²) in [6, 6.07) is 9.88. The highest BCUT2D eigenvalue weighted by Gasteiger charge is 2.24. The lowest BCUT2D eigenvalue weighted by atomic mass is 10.1. The van der Waals surface area contributed by atoms with Crippen LogP contribution in [0.2, 0.25) is 0 Å². The van der Waals surface area contributed by atoms with Crippen LogP contribution < -0.4 is 4.90 Å². The Morgan fingerprint density at radius 2 is 1.59 bits per heavy atom. The van der Waals surface area contributed by atoms with Crippen LogP contribution in [-0.4, -0.2) is 47.7 Å². The Morgan fingerprint density at radius 1 is 1.00 bits per heavy atom. The van der Waals surface area contributed by atoms with Gasteiger partial charge in [-0.15, -0.1) is 0 Å². The van der Waals surface area contributed by atoms with E-state index in [1.165, 1.54) is 37.3 Å². The quantitative estimate of drug-likeness (QED) is 0.469. The molecule has 0 saturated carbocycles. The maximum absolute atomic E-state index is 14.3. The average molecular weight is 371 g/mol.